The minimum atomic E-state index is -0.779. The number of pyridine rings is 1. The third kappa shape index (κ3) is 3.51. The Labute approximate surface area is 176 Å². The van der Waals surface area contributed by atoms with Crippen LogP contribution in [0.2, 0.25) is 0 Å². The number of aryl methyl sites for hydroxylation is 2. The number of nitrogens with zero attached hydrogens (tertiary/aromatic N) is 5. The molecule has 2 aliphatic rings. The van der Waals surface area contributed by atoms with E-state index in [9.17, 15) is 9.90 Å². The van der Waals surface area contributed by atoms with E-state index in [0.717, 1.165) is 42.5 Å². The first-order valence-corrected chi connectivity index (χ1v) is 10.9. The highest BCUT2D eigenvalue weighted by atomic mass is 16.3. The molecule has 2 atom stereocenters. The molecule has 1 amide bonds. The summed E-state index contributed by atoms with van der Waals surface area (Å²) in [5.41, 5.74) is 0.268. The van der Waals surface area contributed by atoms with Crippen LogP contribution in [0.15, 0.2) is 43.1 Å². The first-order valence-electron chi connectivity index (χ1n) is 10.9. The number of amides is 1. The van der Waals surface area contributed by atoms with E-state index >= 15 is 0 Å². The number of carbonyl (C=O) groups is 1. The van der Waals surface area contributed by atoms with Gasteiger partial charge in [-0.2, -0.15) is 0 Å². The summed E-state index contributed by atoms with van der Waals surface area (Å²) >= 11 is 0. The van der Waals surface area contributed by atoms with Crippen molar-refractivity contribution >= 4 is 16.8 Å². The molecule has 0 aliphatic carbocycles. The van der Waals surface area contributed by atoms with Crippen molar-refractivity contribution in [2.75, 3.05) is 0 Å². The highest BCUT2D eigenvalue weighted by molar-refractivity contribution is 5.79. The number of hydrogen-bond donors (Lipinski definition) is 1. The summed E-state index contributed by atoms with van der Waals surface area (Å²) in [6, 6.07) is 4.36. The zero-order chi connectivity index (χ0) is 20.7. The molecule has 7 heteroatoms. The third-order valence-electron chi connectivity index (χ3n) is 6.89. The van der Waals surface area contributed by atoms with E-state index < -0.39 is 5.60 Å². The molecule has 2 bridgehead atoms. The minimum absolute atomic E-state index is 0.149. The summed E-state index contributed by atoms with van der Waals surface area (Å²) in [4.78, 5) is 23.5. The molecule has 0 saturated carbocycles. The van der Waals surface area contributed by atoms with Gasteiger partial charge in [0.25, 0.3) is 0 Å². The van der Waals surface area contributed by atoms with Crippen molar-refractivity contribution in [3.63, 3.8) is 0 Å². The second kappa shape index (κ2) is 7.54. The lowest BCUT2D eigenvalue weighted by Gasteiger charge is -2.44. The van der Waals surface area contributed by atoms with Crippen LogP contribution in [0.3, 0.4) is 0 Å². The quantitative estimate of drug-likeness (QED) is 0.682. The van der Waals surface area contributed by atoms with Crippen molar-refractivity contribution in [3.05, 3.63) is 48.9 Å². The van der Waals surface area contributed by atoms with Crippen molar-refractivity contribution < 1.29 is 9.90 Å². The molecule has 158 valence electrons. The van der Waals surface area contributed by atoms with Crippen molar-refractivity contribution in [1.82, 2.24) is 24.0 Å². The number of hydrogen-bond acceptors (Lipinski definition) is 4. The third-order valence-corrected chi connectivity index (χ3v) is 6.89. The second-order valence-electron chi connectivity index (χ2n) is 8.97. The number of aliphatic hydroxyl groups is 1. The fraction of sp³-hybridized carbons (Fsp3) is 0.522. The minimum Gasteiger partial charge on any atom is -0.388 e. The van der Waals surface area contributed by atoms with E-state index in [1.807, 2.05) is 31.6 Å². The Morgan fingerprint density at radius 1 is 1.17 bits per heavy atom. The van der Waals surface area contributed by atoms with Crippen molar-refractivity contribution in [2.45, 2.75) is 76.2 Å². The molecule has 5 heterocycles. The van der Waals surface area contributed by atoms with E-state index in [0.29, 0.717) is 25.8 Å². The summed E-state index contributed by atoms with van der Waals surface area (Å²) in [5, 5.41) is 12.6. The molecule has 2 fully saturated rings. The molecule has 2 saturated heterocycles. The van der Waals surface area contributed by atoms with Gasteiger partial charge in [0, 0.05) is 55.2 Å². The second-order valence-corrected chi connectivity index (χ2v) is 8.97. The normalized spacial score (nSPS) is 25.9. The van der Waals surface area contributed by atoms with Crippen LogP contribution in [-0.4, -0.2) is 52.7 Å². The molecular weight excluding hydrogens is 378 g/mol. The fourth-order valence-corrected chi connectivity index (χ4v) is 5.51. The first kappa shape index (κ1) is 19.3. The summed E-state index contributed by atoms with van der Waals surface area (Å²) < 4.78 is 4.19. The average molecular weight is 408 g/mol. The van der Waals surface area contributed by atoms with Gasteiger partial charge in [0.15, 0.2) is 0 Å². The molecule has 2 unspecified atom stereocenters. The number of imidazole rings is 1. The Morgan fingerprint density at radius 2 is 1.97 bits per heavy atom. The Kier molecular flexibility index (Phi) is 4.85. The summed E-state index contributed by atoms with van der Waals surface area (Å²) in [6.07, 6.45) is 14.1. The predicted molar refractivity (Wildman–Crippen MR) is 114 cm³/mol. The molecule has 1 N–H and O–H groups in total. The van der Waals surface area contributed by atoms with E-state index in [1.165, 1.54) is 0 Å². The maximum absolute atomic E-state index is 13.0. The summed E-state index contributed by atoms with van der Waals surface area (Å²) in [7, 11) is 0. The zero-order valence-corrected chi connectivity index (χ0v) is 17.4. The fourth-order valence-electron chi connectivity index (χ4n) is 5.51. The largest absolute Gasteiger partial charge is 0.388 e. The topological polar surface area (TPSA) is 76.2 Å². The lowest BCUT2D eigenvalue weighted by atomic mass is 9.85. The number of carbonyl (C=O) groups excluding carboxylic acids is 1. The van der Waals surface area contributed by atoms with Gasteiger partial charge in [-0.25, -0.2) is 4.98 Å². The monoisotopic (exact) mass is 407 g/mol. The van der Waals surface area contributed by atoms with Gasteiger partial charge in [-0.15, -0.1) is 0 Å². The molecule has 30 heavy (non-hydrogen) atoms. The van der Waals surface area contributed by atoms with Crippen LogP contribution in [0.5, 0.6) is 0 Å². The number of rotatable bonds is 6. The summed E-state index contributed by atoms with van der Waals surface area (Å²) in [5.74, 6) is 1.22. The van der Waals surface area contributed by atoms with Gasteiger partial charge in [0.1, 0.15) is 5.82 Å². The SMILES string of the molecule is Cc1nccn1CCCC(=O)N1C2CCC1CC(O)(Cn1ccc3ccncc31)C2. The first-order chi connectivity index (χ1) is 14.5. The Hall–Kier alpha value is -2.67. The van der Waals surface area contributed by atoms with Crippen molar-refractivity contribution in [1.29, 1.82) is 0 Å². The Bertz CT molecular complexity index is 1040. The molecule has 2 aliphatic heterocycles. The number of piperidine rings is 1. The van der Waals surface area contributed by atoms with Gasteiger partial charge in [-0.3, -0.25) is 9.78 Å². The summed E-state index contributed by atoms with van der Waals surface area (Å²) in [6.45, 7) is 3.36. The standard InChI is InChI=1S/C23H29N5O2/c1-17-25-9-12-26(17)10-2-3-22(29)28-19-4-5-20(28)14-23(30,13-19)16-27-11-7-18-6-8-24-15-21(18)27/h6-9,11-12,15,19-20,30H,2-5,10,13-14,16H2,1H3. The highest BCUT2D eigenvalue weighted by Gasteiger charge is 2.49. The Balaban J connectivity index is 1.23. The Morgan fingerprint density at radius 3 is 2.70 bits per heavy atom. The lowest BCUT2D eigenvalue weighted by Crippen LogP contribution is -2.54. The number of fused-ring (bicyclic) bond motifs is 3. The molecule has 5 rings (SSSR count). The average Bonchev–Trinajstić information content (AvgIpc) is 3.39. The molecule has 0 spiro atoms. The van der Waals surface area contributed by atoms with Gasteiger partial charge in [-0.05, 0) is 51.2 Å². The van der Waals surface area contributed by atoms with E-state index in [1.54, 1.807) is 12.4 Å². The van der Waals surface area contributed by atoms with Crippen LogP contribution >= 0.6 is 0 Å². The maximum Gasteiger partial charge on any atom is 0.223 e. The van der Waals surface area contributed by atoms with Crippen LogP contribution in [0.4, 0.5) is 0 Å². The van der Waals surface area contributed by atoms with E-state index in [4.69, 9.17) is 0 Å². The molecule has 0 aromatic carbocycles. The van der Waals surface area contributed by atoms with Gasteiger partial charge < -0.3 is 19.1 Å². The highest BCUT2D eigenvalue weighted by Crippen LogP contribution is 2.42. The molecule has 3 aromatic rings. The molecule has 7 nitrogen and oxygen atoms in total. The van der Waals surface area contributed by atoms with Crippen molar-refractivity contribution in [2.24, 2.45) is 0 Å². The van der Waals surface area contributed by atoms with Crippen molar-refractivity contribution in [3.8, 4) is 0 Å². The van der Waals surface area contributed by atoms with Crippen LogP contribution in [0.25, 0.3) is 10.9 Å². The lowest BCUT2D eigenvalue weighted by molar-refractivity contribution is -0.142. The maximum atomic E-state index is 13.0. The van der Waals surface area contributed by atoms with Gasteiger partial charge in [0.2, 0.25) is 5.91 Å². The molecule has 0 radical (unpaired) electrons. The van der Waals surface area contributed by atoms with Gasteiger partial charge in [0.05, 0.1) is 23.9 Å². The number of aromatic nitrogens is 4. The van der Waals surface area contributed by atoms with Crippen LogP contribution < -0.4 is 0 Å². The van der Waals surface area contributed by atoms with Gasteiger partial charge >= 0.3 is 0 Å². The molecular formula is C23H29N5O2. The van der Waals surface area contributed by atoms with Crippen LogP contribution in [0, 0.1) is 6.92 Å². The predicted octanol–water partition coefficient (Wildman–Crippen LogP) is 2.91. The van der Waals surface area contributed by atoms with Crippen LogP contribution in [-0.2, 0) is 17.9 Å². The van der Waals surface area contributed by atoms with E-state index in [-0.39, 0.29) is 18.0 Å². The molecule has 3 aromatic heterocycles. The van der Waals surface area contributed by atoms with E-state index in [2.05, 4.69) is 30.1 Å². The zero-order valence-electron chi connectivity index (χ0n) is 17.4. The van der Waals surface area contributed by atoms with Gasteiger partial charge in [-0.1, -0.05) is 0 Å². The van der Waals surface area contributed by atoms with Crippen LogP contribution in [0.1, 0.15) is 44.3 Å². The smallest absolute Gasteiger partial charge is 0.223 e.